The second-order valence-electron chi connectivity index (χ2n) is 6.07. The molecule has 1 unspecified atom stereocenters. The Bertz CT molecular complexity index is 1040. The zero-order valence-electron chi connectivity index (χ0n) is 13.8. The molecular formula is C18H17N3O4S. The molecule has 2 aromatic rings. The van der Waals surface area contributed by atoms with Gasteiger partial charge in [-0.15, -0.1) is 0 Å². The first-order valence-electron chi connectivity index (χ1n) is 7.98. The third-order valence-corrected chi connectivity index (χ3v) is 5.98. The van der Waals surface area contributed by atoms with Crippen molar-refractivity contribution in [1.29, 1.82) is 5.26 Å². The first-order valence-corrected chi connectivity index (χ1v) is 9.80. The van der Waals surface area contributed by atoms with Crippen LogP contribution in [-0.4, -0.2) is 37.0 Å². The third kappa shape index (κ3) is 3.78. The van der Waals surface area contributed by atoms with Gasteiger partial charge in [0, 0.05) is 28.7 Å². The second-order valence-corrected chi connectivity index (χ2v) is 8.30. The molecule has 0 aromatic heterocycles. The number of sulfone groups is 1. The summed E-state index contributed by atoms with van der Waals surface area (Å²) >= 11 is 0. The number of nitrogens with zero attached hydrogens (tertiary/aromatic N) is 1. The molecule has 3 N–H and O–H groups in total. The molecule has 8 heteroatoms. The van der Waals surface area contributed by atoms with Crippen molar-refractivity contribution in [1.82, 2.24) is 5.32 Å². The molecule has 1 heterocycles. The average Bonchev–Trinajstić information content (AvgIpc) is 2.95. The smallest absolute Gasteiger partial charge is 0.267 e. The molecule has 26 heavy (non-hydrogen) atoms. The highest BCUT2D eigenvalue weighted by Crippen LogP contribution is 2.29. The Kier molecular flexibility index (Phi) is 4.82. The van der Waals surface area contributed by atoms with Crippen LogP contribution in [0.2, 0.25) is 0 Å². The first-order chi connectivity index (χ1) is 12.4. The van der Waals surface area contributed by atoms with Gasteiger partial charge in [0.2, 0.25) is 0 Å². The Hall–Kier alpha value is -3.05. The fourth-order valence-corrected chi connectivity index (χ4v) is 4.55. The van der Waals surface area contributed by atoms with E-state index >= 15 is 0 Å². The minimum absolute atomic E-state index is 0.00751. The van der Waals surface area contributed by atoms with E-state index in [0.29, 0.717) is 22.9 Å². The number of phenolic OH excluding ortho intramolecular Hbond substituents is 1. The molecule has 7 nitrogen and oxygen atoms in total. The van der Waals surface area contributed by atoms with Gasteiger partial charge in [0.25, 0.3) is 5.91 Å². The third-order valence-electron chi connectivity index (χ3n) is 4.21. The van der Waals surface area contributed by atoms with Crippen LogP contribution in [0, 0.1) is 11.3 Å². The number of nitrogens with one attached hydrogen (secondary N) is 2. The van der Waals surface area contributed by atoms with E-state index in [1.165, 1.54) is 6.20 Å². The van der Waals surface area contributed by atoms with Crippen LogP contribution in [-0.2, 0) is 14.6 Å². The topological polar surface area (TPSA) is 119 Å². The molecule has 0 spiro atoms. The summed E-state index contributed by atoms with van der Waals surface area (Å²) in [6, 6.07) is 11.6. The first kappa shape index (κ1) is 17.8. The van der Waals surface area contributed by atoms with E-state index in [2.05, 4.69) is 10.6 Å². The average molecular weight is 371 g/mol. The lowest BCUT2D eigenvalue weighted by Gasteiger charge is -2.10. The minimum atomic E-state index is -3.05. The Morgan fingerprint density at radius 2 is 1.96 bits per heavy atom. The predicted molar refractivity (Wildman–Crippen MR) is 98.1 cm³/mol. The summed E-state index contributed by atoms with van der Waals surface area (Å²) in [5.74, 6) is -0.422. The molecule has 0 aliphatic carbocycles. The molecule has 2 aromatic carbocycles. The Morgan fingerprint density at radius 1 is 1.23 bits per heavy atom. The number of anilines is 1. The van der Waals surface area contributed by atoms with Gasteiger partial charge in [0.1, 0.15) is 17.4 Å². The van der Waals surface area contributed by atoms with Gasteiger partial charge in [-0.05, 0) is 18.6 Å². The molecule has 134 valence electrons. The second kappa shape index (κ2) is 7.06. The van der Waals surface area contributed by atoms with Crippen LogP contribution in [0.25, 0.3) is 10.8 Å². The van der Waals surface area contributed by atoms with Gasteiger partial charge >= 0.3 is 0 Å². The van der Waals surface area contributed by atoms with Crippen molar-refractivity contribution in [2.45, 2.75) is 12.5 Å². The fraction of sp³-hybridized carbons (Fsp3) is 0.222. The number of aromatic hydroxyl groups is 1. The molecule has 1 aliphatic rings. The van der Waals surface area contributed by atoms with Gasteiger partial charge in [-0.3, -0.25) is 4.79 Å². The lowest BCUT2D eigenvalue weighted by atomic mass is 10.1. The highest BCUT2D eigenvalue weighted by molar-refractivity contribution is 7.91. The van der Waals surface area contributed by atoms with Crippen molar-refractivity contribution >= 4 is 32.2 Å². The molecule has 0 radical (unpaired) electrons. The van der Waals surface area contributed by atoms with E-state index in [1.54, 1.807) is 36.4 Å². The number of hydrogen-bond acceptors (Lipinski definition) is 6. The summed E-state index contributed by atoms with van der Waals surface area (Å²) in [5, 5.41) is 25.9. The van der Waals surface area contributed by atoms with E-state index in [-0.39, 0.29) is 28.9 Å². The van der Waals surface area contributed by atoms with Crippen molar-refractivity contribution in [3.05, 3.63) is 48.2 Å². The van der Waals surface area contributed by atoms with Crippen molar-refractivity contribution in [3.63, 3.8) is 0 Å². The Balaban J connectivity index is 1.77. The van der Waals surface area contributed by atoms with Crippen LogP contribution in [0.1, 0.15) is 6.42 Å². The zero-order chi connectivity index (χ0) is 18.7. The normalized spacial score (nSPS) is 19.0. The van der Waals surface area contributed by atoms with Gasteiger partial charge in [-0.25, -0.2) is 8.42 Å². The lowest BCUT2D eigenvalue weighted by molar-refractivity contribution is -0.112. The van der Waals surface area contributed by atoms with E-state index in [0.717, 1.165) is 0 Å². The molecule has 0 saturated carbocycles. The predicted octanol–water partition coefficient (Wildman–Crippen LogP) is 1.67. The van der Waals surface area contributed by atoms with Crippen LogP contribution < -0.4 is 10.6 Å². The highest BCUT2D eigenvalue weighted by Gasteiger charge is 2.27. The number of hydrogen-bond donors (Lipinski definition) is 3. The Labute approximate surface area is 150 Å². The zero-order valence-corrected chi connectivity index (χ0v) is 14.6. The standard InChI is InChI=1S/C18H17N3O4S/c19-9-12(10-20-13-7-8-26(24,25)11-13)18(23)21-16-5-1-4-15-14(16)3-2-6-17(15)22/h1-6,10,13,20,22H,7-8,11H2,(H,21,23)/b12-10-. The monoisotopic (exact) mass is 371 g/mol. The number of benzene rings is 2. The molecule has 0 bridgehead atoms. The SMILES string of the molecule is N#C/C(=C/NC1CCS(=O)(=O)C1)C(=O)Nc1cccc2c(O)cccc12. The van der Waals surface area contributed by atoms with E-state index in [1.807, 2.05) is 6.07 Å². The number of amides is 1. The molecular weight excluding hydrogens is 354 g/mol. The summed E-state index contributed by atoms with van der Waals surface area (Å²) in [4.78, 5) is 12.4. The number of rotatable bonds is 4. The summed E-state index contributed by atoms with van der Waals surface area (Å²) in [7, 11) is -3.05. The van der Waals surface area contributed by atoms with E-state index in [9.17, 15) is 23.6 Å². The van der Waals surface area contributed by atoms with Crippen LogP contribution in [0.3, 0.4) is 0 Å². The van der Waals surface area contributed by atoms with Crippen LogP contribution in [0.15, 0.2) is 48.2 Å². The van der Waals surface area contributed by atoms with Crippen LogP contribution >= 0.6 is 0 Å². The Morgan fingerprint density at radius 3 is 2.65 bits per heavy atom. The van der Waals surface area contributed by atoms with Crippen molar-refractivity contribution in [3.8, 4) is 11.8 Å². The van der Waals surface area contributed by atoms with E-state index < -0.39 is 15.7 Å². The largest absolute Gasteiger partial charge is 0.507 e. The van der Waals surface area contributed by atoms with Crippen molar-refractivity contribution in [2.75, 3.05) is 16.8 Å². The van der Waals surface area contributed by atoms with Gasteiger partial charge in [0.05, 0.1) is 11.5 Å². The lowest BCUT2D eigenvalue weighted by Crippen LogP contribution is -2.27. The number of phenols is 1. The molecule has 1 amide bonds. The summed E-state index contributed by atoms with van der Waals surface area (Å²) in [6.07, 6.45) is 1.70. The van der Waals surface area contributed by atoms with Gasteiger partial charge in [0.15, 0.2) is 9.84 Å². The maximum Gasteiger partial charge on any atom is 0.267 e. The van der Waals surface area contributed by atoms with Gasteiger partial charge in [-0.2, -0.15) is 5.26 Å². The molecule has 1 saturated heterocycles. The molecule has 1 atom stereocenters. The van der Waals surface area contributed by atoms with Gasteiger partial charge < -0.3 is 15.7 Å². The summed E-state index contributed by atoms with van der Waals surface area (Å²) < 4.78 is 22.9. The number of carbonyl (C=O) groups is 1. The maximum atomic E-state index is 12.4. The molecule has 1 aliphatic heterocycles. The number of carbonyl (C=O) groups excluding carboxylic acids is 1. The highest BCUT2D eigenvalue weighted by atomic mass is 32.2. The van der Waals surface area contributed by atoms with Crippen molar-refractivity contribution < 1.29 is 18.3 Å². The summed E-state index contributed by atoms with van der Waals surface area (Å²) in [5.41, 5.74) is 0.305. The van der Waals surface area contributed by atoms with Gasteiger partial charge in [-0.1, -0.05) is 24.3 Å². The molecule has 3 rings (SSSR count). The minimum Gasteiger partial charge on any atom is -0.507 e. The van der Waals surface area contributed by atoms with E-state index in [4.69, 9.17) is 0 Å². The fourth-order valence-electron chi connectivity index (χ4n) is 2.87. The quantitative estimate of drug-likeness (QED) is 0.555. The van der Waals surface area contributed by atoms with Crippen LogP contribution in [0.4, 0.5) is 5.69 Å². The maximum absolute atomic E-state index is 12.4. The molecule has 1 fully saturated rings. The van der Waals surface area contributed by atoms with Crippen molar-refractivity contribution in [2.24, 2.45) is 0 Å². The number of nitriles is 1. The summed E-state index contributed by atoms with van der Waals surface area (Å²) in [6.45, 7) is 0. The van der Waals surface area contributed by atoms with Crippen LogP contribution in [0.5, 0.6) is 5.75 Å². The number of fused-ring (bicyclic) bond motifs is 1.